The lowest BCUT2D eigenvalue weighted by Crippen LogP contribution is -2.13. The van der Waals surface area contributed by atoms with Crippen LogP contribution in [0.5, 0.6) is 5.75 Å². The van der Waals surface area contributed by atoms with E-state index in [0.717, 1.165) is 16.9 Å². The van der Waals surface area contributed by atoms with Gasteiger partial charge in [0.15, 0.2) is 6.61 Å². The third-order valence-electron chi connectivity index (χ3n) is 2.45. The van der Waals surface area contributed by atoms with Crippen LogP contribution in [-0.4, -0.2) is 25.5 Å². The van der Waals surface area contributed by atoms with Crippen LogP contribution in [0.4, 0.5) is 0 Å². The third-order valence-corrected chi connectivity index (χ3v) is 2.45. The summed E-state index contributed by atoms with van der Waals surface area (Å²) < 4.78 is 9.85. The van der Waals surface area contributed by atoms with Crippen molar-refractivity contribution in [1.29, 1.82) is 0 Å². The third kappa shape index (κ3) is 3.31. The van der Waals surface area contributed by atoms with Crippen LogP contribution in [0.2, 0.25) is 0 Å². The van der Waals surface area contributed by atoms with Gasteiger partial charge in [-0.15, -0.1) is 0 Å². The second-order valence-electron chi connectivity index (χ2n) is 3.84. The first-order chi connectivity index (χ1) is 7.95. The van der Waals surface area contributed by atoms with Gasteiger partial charge in [0.25, 0.3) is 0 Å². The number of benzene rings is 1. The minimum atomic E-state index is -0.457. The zero-order valence-corrected chi connectivity index (χ0v) is 10.5. The average molecular weight is 236 g/mol. The summed E-state index contributed by atoms with van der Waals surface area (Å²) in [5.41, 5.74) is 2.25. The molecule has 1 rings (SSSR count). The van der Waals surface area contributed by atoms with Gasteiger partial charge in [0.1, 0.15) is 5.75 Å². The van der Waals surface area contributed by atoms with E-state index in [1.165, 1.54) is 6.92 Å². The quantitative estimate of drug-likeness (QED) is 0.593. The fourth-order valence-corrected chi connectivity index (χ4v) is 1.55. The zero-order chi connectivity index (χ0) is 13.0. The lowest BCUT2D eigenvalue weighted by atomic mass is 10.0. The summed E-state index contributed by atoms with van der Waals surface area (Å²) in [6.07, 6.45) is 0. The minimum Gasteiger partial charge on any atom is -0.496 e. The first-order valence-corrected chi connectivity index (χ1v) is 5.27. The van der Waals surface area contributed by atoms with Crippen molar-refractivity contribution in [3.63, 3.8) is 0 Å². The molecule has 0 spiro atoms. The molecule has 0 radical (unpaired) electrons. The van der Waals surface area contributed by atoms with E-state index in [9.17, 15) is 9.59 Å². The van der Waals surface area contributed by atoms with Crippen LogP contribution < -0.4 is 4.74 Å². The predicted molar refractivity (Wildman–Crippen MR) is 63.4 cm³/mol. The maximum Gasteiger partial charge on any atom is 0.303 e. The average Bonchev–Trinajstić information content (AvgIpc) is 2.28. The molecule has 0 atom stereocenters. The van der Waals surface area contributed by atoms with Crippen LogP contribution >= 0.6 is 0 Å². The van der Waals surface area contributed by atoms with Gasteiger partial charge in [-0.05, 0) is 37.1 Å². The first kappa shape index (κ1) is 13.2. The number of hydrogen-bond donors (Lipinski definition) is 0. The number of aryl methyl sites for hydroxylation is 2. The molecule has 1 aromatic carbocycles. The van der Waals surface area contributed by atoms with Crippen LogP contribution in [0.3, 0.4) is 0 Å². The number of carbonyl (C=O) groups is 2. The lowest BCUT2D eigenvalue weighted by molar-refractivity contribution is -0.139. The van der Waals surface area contributed by atoms with Gasteiger partial charge in [0.2, 0.25) is 5.78 Å². The van der Waals surface area contributed by atoms with Crippen LogP contribution in [0.1, 0.15) is 28.4 Å². The smallest absolute Gasteiger partial charge is 0.303 e. The van der Waals surface area contributed by atoms with Crippen molar-refractivity contribution in [1.82, 2.24) is 0 Å². The Labute approximate surface area is 101 Å². The highest BCUT2D eigenvalue weighted by Crippen LogP contribution is 2.22. The SMILES string of the molecule is COc1cc(C)c(C(=O)COC(C)=O)cc1C. The molecule has 1 aromatic rings. The molecule has 0 unspecified atom stereocenters. The van der Waals surface area contributed by atoms with Crippen LogP contribution in [0.25, 0.3) is 0 Å². The molecule has 0 fully saturated rings. The Kier molecular flexibility index (Phi) is 4.26. The Morgan fingerprint density at radius 3 is 2.35 bits per heavy atom. The topological polar surface area (TPSA) is 52.6 Å². The predicted octanol–water partition coefficient (Wildman–Crippen LogP) is 2.06. The summed E-state index contributed by atoms with van der Waals surface area (Å²) in [6.45, 7) is 4.74. The number of ketones is 1. The normalized spacial score (nSPS) is 9.88. The summed E-state index contributed by atoms with van der Waals surface area (Å²) in [7, 11) is 1.59. The van der Waals surface area contributed by atoms with E-state index in [4.69, 9.17) is 4.74 Å². The minimum absolute atomic E-state index is 0.205. The molecule has 0 aliphatic heterocycles. The van der Waals surface area contributed by atoms with E-state index >= 15 is 0 Å². The molecule has 17 heavy (non-hydrogen) atoms. The van der Waals surface area contributed by atoms with Crippen LogP contribution in [-0.2, 0) is 9.53 Å². The Morgan fingerprint density at radius 1 is 1.18 bits per heavy atom. The number of ether oxygens (including phenoxy) is 2. The van der Waals surface area contributed by atoms with E-state index in [-0.39, 0.29) is 12.4 Å². The number of methoxy groups -OCH3 is 1. The van der Waals surface area contributed by atoms with Crippen molar-refractivity contribution < 1.29 is 19.1 Å². The Hall–Kier alpha value is -1.84. The number of rotatable bonds is 4. The molecule has 0 saturated heterocycles. The second kappa shape index (κ2) is 5.48. The van der Waals surface area contributed by atoms with Crippen LogP contribution in [0, 0.1) is 13.8 Å². The van der Waals surface area contributed by atoms with Gasteiger partial charge in [-0.25, -0.2) is 0 Å². The summed E-state index contributed by atoms with van der Waals surface area (Å²) in [5.74, 6) is 0.0798. The highest BCUT2D eigenvalue weighted by molar-refractivity contribution is 5.99. The molecular weight excluding hydrogens is 220 g/mol. The van der Waals surface area contributed by atoms with Crippen molar-refractivity contribution >= 4 is 11.8 Å². The van der Waals surface area contributed by atoms with Gasteiger partial charge >= 0.3 is 5.97 Å². The molecule has 0 amide bonds. The zero-order valence-electron chi connectivity index (χ0n) is 10.5. The van der Waals surface area contributed by atoms with Gasteiger partial charge in [0.05, 0.1) is 7.11 Å². The van der Waals surface area contributed by atoms with E-state index in [2.05, 4.69) is 4.74 Å². The largest absolute Gasteiger partial charge is 0.496 e. The van der Waals surface area contributed by atoms with Crippen molar-refractivity contribution in [2.45, 2.75) is 20.8 Å². The molecule has 0 saturated carbocycles. The van der Waals surface area contributed by atoms with Gasteiger partial charge in [-0.3, -0.25) is 9.59 Å². The molecule has 0 aliphatic rings. The summed E-state index contributed by atoms with van der Waals surface area (Å²) in [5, 5.41) is 0. The molecule has 4 nitrogen and oxygen atoms in total. The maximum atomic E-state index is 11.8. The number of esters is 1. The summed E-state index contributed by atoms with van der Waals surface area (Å²) in [6, 6.07) is 3.55. The van der Waals surface area contributed by atoms with Crippen LogP contribution in [0.15, 0.2) is 12.1 Å². The maximum absolute atomic E-state index is 11.8. The standard InChI is InChI=1S/C13H16O4/c1-8-6-13(16-4)9(2)5-11(8)12(15)7-17-10(3)14/h5-6H,7H2,1-4H3. The summed E-state index contributed by atoms with van der Waals surface area (Å²) >= 11 is 0. The van der Waals surface area contributed by atoms with Gasteiger partial charge in [-0.1, -0.05) is 0 Å². The lowest BCUT2D eigenvalue weighted by Gasteiger charge is -2.10. The molecule has 92 valence electrons. The van der Waals surface area contributed by atoms with Gasteiger partial charge < -0.3 is 9.47 Å². The Bertz CT molecular complexity index is 449. The molecular formula is C13H16O4. The van der Waals surface area contributed by atoms with Crippen molar-refractivity contribution in [2.24, 2.45) is 0 Å². The number of Topliss-reactive ketones (excluding diaryl/α,β-unsaturated/α-hetero) is 1. The van der Waals surface area contributed by atoms with Crippen molar-refractivity contribution in [3.8, 4) is 5.75 Å². The monoisotopic (exact) mass is 236 g/mol. The highest BCUT2D eigenvalue weighted by atomic mass is 16.5. The molecule has 0 N–H and O–H groups in total. The summed E-state index contributed by atoms with van der Waals surface area (Å²) in [4.78, 5) is 22.4. The number of carbonyl (C=O) groups excluding carboxylic acids is 2. The Balaban J connectivity index is 2.94. The second-order valence-corrected chi connectivity index (χ2v) is 3.84. The van der Waals surface area contributed by atoms with Gasteiger partial charge in [0, 0.05) is 12.5 Å². The first-order valence-electron chi connectivity index (χ1n) is 5.27. The highest BCUT2D eigenvalue weighted by Gasteiger charge is 2.13. The molecule has 4 heteroatoms. The fourth-order valence-electron chi connectivity index (χ4n) is 1.55. The van der Waals surface area contributed by atoms with Crippen molar-refractivity contribution in [3.05, 3.63) is 28.8 Å². The van der Waals surface area contributed by atoms with E-state index < -0.39 is 5.97 Å². The molecule has 0 aromatic heterocycles. The van der Waals surface area contributed by atoms with Crippen molar-refractivity contribution in [2.75, 3.05) is 13.7 Å². The number of hydrogen-bond acceptors (Lipinski definition) is 4. The van der Waals surface area contributed by atoms with E-state index in [0.29, 0.717) is 5.56 Å². The molecule has 0 heterocycles. The molecule has 0 bridgehead atoms. The Morgan fingerprint density at radius 2 is 1.82 bits per heavy atom. The van der Waals surface area contributed by atoms with E-state index in [1.54, 1.807) is 19.2 Å². The van der Waals surface area contributed by atoms with Gasteiger partial charge in [-0.2, -0.15) is 0 Å². The fraction of sp³-hybridized carbons (Fsp3) is 0.385. The van der Waals surface area contributed by atoms with E-state index in [1.807, 2.05) is 13.8 Å². The molecule has 0 aliphatic carbocycles.